The smallest absolute Gasteiger partial charge is 0.236 e. The van der Waals surface area contributed by atoms with Crippen molar-refractivity contribution in [2.75, 3.05) is 0 Å². The van der Waals surface area contributed by atoms with Gasteiger partial charge < -0.3 is 0 Å². The number of carbonyl (C=O) groups excluding carboxylic acids is 1. The highest BCUT2D eigenvalue weighted by atomic mass is 79.9. The third kappa shape index (κ3) is 0.764. The number of nitrogens with zero attached hydrogens (tertiary/aromatic N) is 3. The fourth-order valence-corrected chi connectivity index (χ4v) is 0.548. The van der Waals surface area contributed by atoms with Crippen molar-refractivity contribution in [2.45, 2.75) is 0 Å². The Balaban J connectivity index is 3.09. The fourth-order valence-electron chi connectivity index (χ4n) is 0.302. The lowest BCUT2D eigenvalue weighted by molar-refractivity contribution is 0.537. The summed E-state index contributed by atoms with van der Waals surface area (Å²) in [4.78, 5) is 9.92. The lowest BCUT2D eigenvalue weighted by Gasteiger charge is -1.80. The Morgan fingerprint density at radius 2 is 2.62 bits per heavy atom. The van der Waals surface area contributed by atoms with E-state index in [1.807, 2.05) is 0 Å². The molecule has 0 atom stereocenters. The van der Waals surface area contributed by atoms with Gasteiger partial charge in [0.1, 0.15) is 4.60 Å². The molecular formula is C3H2BrN3O. The van der Waals surface area contributed by atoms with Crippen LogP contribution in [-0.2, 0) is 4.79 Å². The molecule has 0 saturated heterocycles. The second kappa shape index (κ2) is 2.04. The van der Waals surface area contributed by atoms with Crippen LogP contribution in [0.3, 0.4) is 0 Å². The minimum Gasteiger partial charge on any atom is -0.276 e. The van der Waals surface area contributed by atoms with Crippen LogP contribution < -0.4 is 0 Å². The monoisotopic (exact) mass is 175 g/mol. The van der Waals surface area contributed by atoms with Gasteiger partial charge >= 0.3 is 0 Å². The van der Waals surface area contributed by atoms with Crippen LogP contribution in [-0.4, -0.2) is 21.4 Å². The first-order valence-corrected chi connectivity index (χ1v) is 2.65. The molecule has 0 aliphatic rings. The van der Waals surface area contributed by atoms with Crippen molar-refractivity contribution in [2.24, 2.45) is 0 Å². The van der Waals surface area contributed by atoms with Crippen LogP contribution in [0.1, 0.15) is 0 Å². The minimum absolute atomic E-state index is 0.563. The number of halogens is 1. The molecule has 0 spiro atoms. The third-order valence-corrected chi connectivity index (χ3v) is 1.20. The molecule has 0 aromatic carbocycles. The zero-order chi connectivity index (χ0) is 5.98. The standard InChI is InChI=1S/C3H2BrN3O/c4-3-1-5-6-7(3)2-8/h1-2H. The molecule has 8 heavy (non-hydrogen) atoms. The Morgan fingerprint density at radius 1 is 1.88 bits per heavy atom. The lowest BCUT2D eigenvalue weighted by atomic mass is 10.9. The highest BCUT2D eigenvalue weighted by Gasteiger charge is 1.93. The number of hydrogen-bond donors (Lipinski definition) is 0. The van der Waals surface area contributed by atoms with Gasteiger partial charge in [-0.05, 0) is 15.9 Å². The second-order valence-electron chi connectivity index (χ2n) is 1.11. The van der Waals surface area contributed by atoms with Crippen LogP contribution in [0, 0.1) is 0 Å². The summed E-state index contributed by atoms with van der Waals surface area (Å²) in [6.07, 6.45) is 2.01. The summed E-state index contributed by atoms with van der Waals surface area (Å²) >= 11 is 3.03. The molecule has 0 bridgehead atoms. The summed E-state index contributed by atoms with van der Waals surface area (Å²) in [6.45, 7) is 0. The summed E-state index contributed by atoms with van der Waals surface area (Å²) in [5.41, 5.74) is 0. The Labute approximate surface area is 53.6 Å². The minimum atomic E-state index is 0.563. The maximum absolute atomic E-state index is 9.92. The molecule has 0 N–H and O–H groups in total. The molecule has 0 unspecified atom stereocenters. The van der Waals surface area contributed by atoms with E-state index in [1.165, 1.54) is 6.20 Å². The molecule has 0 aliphatic heterocycles. The molecule has 1 heterocycles. The molecule has 1 aromatic heterocycles. The Kier molecular flexibility index (Phi) is 1.38. The maximum atomic E-state index is 9.92. The maximum Gasteiger partial charge on any atom is 0.236 e. The highest BCUT2D eigenvalue weighted by molar-refractivity contribution is 9.10. The molecule has 0 amide bonds. The second-order valence-corrected chi connectivity index (χ2v) is 1.92. The number of rotatable bonds is 1. The van der Waals surface area contributed by atoms with Crippen molar-refractivity contribution in [3.8, 4) is 0 Å². The summed E-state index contributed by atoms with van der Waals surface area (Å²) < 4.78 is 1.65. The molecule has 1 rings (SSSR count). The van der Waals surface area contributed by atoms with Crippen LogP contribution in [0.4, 0.5) is 0 Å². The lowest BCUT2D eigenvalue weighted by Crippen LogP contribution is -1.96. The summed E-state index contributed by atoms with van der Waals surface area (Å²) in [5, 5.41) is 6.81. The van der Waals surface area contributed by atoms with Crippen molar-refractivity contribution in [3.63, 3.8) is 0 Å². The van der Waals surface area contributed by atoms with E-state index in [9.17, 15) is 4.79 Å². The van der Waals surface area contributed by atoms with Crippen molar-refractivity contribution in [1.29, 1.82) is 0 Å². The van der Waals surface area contributed by atoms with Gasteiger partial charge in [-0.1, -0.05) is 5.21 Å². The predicted octanol–water partition coefficient (Wildman–Crippen LogP) is 0.0789. The number of carbonyl (C=O) groups is 1. The predicted molar refractivity (Wildman–Crippen MR) is 29.9 cm³/mol. The molecule has 5 heteroatoms. The van der Waals surface area contributed by atoms with Crippen molar-refractivity contribution in [3.05, 3.63) is 10.8 Å². The first kappa shape index (κ1) is 5.43. The molecule has 0 fully saturated rings. The van der Waals surface area contributed by atoms with E-state index in [0.717, 1.165) is 4.68 Å². The molecule has 0 saturated carbocycles. The van der Waals surface area contributed by atoms with Gasteiger partial charge in [0, 0.05) is 0 Å². The summed E-state index contributed by atoms with van der Waals surface area (Å²) in [7, 11) is 0. The van der Waals surface area contributed by atoms with Gasteiger partial charge in [0.25, 0.3) is 0 Å². The topological polar surface area (TPSA) is 47.8 Å². The molecule has 1 aromatic rings. The first-order valence-electron chi connectivity index (χ1n) is 1.85. The molecule has 0 aliphatic carbocycles. The zero-order valence-electron chi connectivity index (χ0n) is 3.78. The van der Waals surface area contributed by atoms with Crippen molar-refractivity contribution in [1.82, 2.24) is 15.0 Å². The molecule has 42 valence electrons. The number of aromatic nitrogens is 3. The molecule has 4 nitrogen and oxygen atoms in total. The van der Waals surface area contributed by atoms with E-state index in [-0.39, 0.29) is 0 Å². The number of hydrogen-bond acceptors (Lipinski definition) is 3. The van der Waals surface area contributed by atoms with E-state index in [0.29, 0.717) is 11.0 Å². The Bertz CT molecular complexity index is 196. The first-order chi connectivity index (χ1) is 3.84. The zero-order valence-corrected chi connectivity index (χ0v) is 5.37. The average molecular weight is 176 g/mol. The average Bonchev–Trinajstić information content (AvgIpc) is 2.14. The highest BCUT2D eigenvalue weighted by Crippen LogP contribution is 2.01. The summed E-state index contributed by atoms with van der Waals surface area (Å²) in [5.74, 6) is 0. The molecular weight excluding hydrogens is 174 g/mol. The van der Waals surface area contributed by atoms with E-state index in [2.05, 4.69) is 26.2 Å². The third-order valence-electron chi connectivity index (χ3n) is 0.631. The van der Waals surface area contributed by atoms with E-state index >= 15 is 0 Å². The van der Waals surface area contributed by atoms with Gasteiger partial charge in [-0.25, -0.2) is 0 Å². The van der Waals surface area contributed by atoms with E-state index in [4.69, 9.17) is 0 Å². The van der Waals surface area contributed by atoms with Crippen LogP contribution in [0.25, 0.3) is 0 Å². The Hall–Kier alpha value is -0.710. The van der Waals surface area contributed by atoms with Gasteiger partial charge in [-0.15, -0.1) is 5.10 Å². The normalized spacial score (nSPS) is 9.12. The van der Waals surface area contributed by atoms with E-state index < -0.39 is 0 Å². The van der Waals surface area contributed by atoms with Gasteiger partial charge in [-0.3, -0.25) is 4.79 Å². The van der Waals surface area contributed by atoms with E-state index in [1.54, 1.807) is 0 Å². The van der Waals surface area contributed by atoms with Gasteiger partial charge in [-0.2, -0.15) is 4.68 Å². The van der Waals surface area contributed by atoms with Gasteiger partial charge in [0.05, 0.1) is 6.20 Å². The van der Waals surface area contributed by atoms with Gasteiger partial charge in [0.15, 0.2) is 0 Å². The van der Waals surface area contributed by atoms with Crippen molar-refractivity contribution < 1.29 is 4.79 Å². The fraction of sp³-hybridized carbons (Fsp3) is 0. The SMILES string of the molecule is O=Cn1nncc1Br. The Morgan fingerprint density at radius 3 is 2.88 bits per heavy atom. The largest absolute Gasteiger partial charge is 0.276 e. The molecule has 0 radical (unpaired) electrons. The van der Waals surface area contributed by atoms with Crippen LogP contribution >= 0.6 is 15.9 Å². The van der Waals surface area contributed by atoms with Gasteiger partial charge in [0.2, 0.25) is 6.41 Å². The summed E-state index contributed by atoms with van der Waals surface area (Å²) in [6, 6.07) is 0. The quantitative estimate of drug-likeness (QED) is 0.569. The van der Waals surface area contributed by atoms with Crippen molar-refractivity contribution >= 4 is 22.3 Å². The van der Waals surface area contributed by atoms with Crippen LogP contribution in [0.15, 0.2) is 10.8 Å². The van der Waals surface area contributed by atoms with Crippen LogP contribution in [0.2, 0.25) is 0 Å². The van der Waals surface area contributed by atoms with Crippen LogP contribution in [0.5, 0.6) is 0 Å².